The van der Waals surface area contributed by atoms with Crippen molar-refractivity contribution in [2.45, 2.75) is 6.92 Å². The molecule has 2 aromatic heterocycles. The standard InChI is InChI=1S/C9H7BrN2/c1-6-5-7-3-2-4-11-9(7)12-8(6)10/h2-5H,1H3. The van der Waals surface area contributed by atoms with Crippen molar-refractivity contribution >= 4 is 27.0 Å². The lowest BCUT2D eigenvalue weighted by Crippen LogP contribution is -1.86. The van der Waals surface area contributed by atoms with Crippen LogP contribution < -0.4 is 0 Å². The smallest absolute Gasteiger partial charge is 0.160 e. The highest BCUT2D eigenvalue weighted by Gasteiger charge is 1.99. The van der Waals surface area contributed by atoms with Gasteiger partial charge in [0.15, 0.2) is 5.65 Å². The second kappa shape index (κ2) is 2.83. The highest BCUT2D eigenvalue weighted by atomic mass is 79.9. The minimum Gasteiger partial charge on any atom is -0.237 e. The van der Waals surface area contributed by atoms with Gasteiger partial charge in [-0.2, -0.15) is 0 Å². The lowest BCUT2D eigenvalue weighted by atomic mass is 10.2. The van der Waals surface area contributed by atoms with Crippen molar-refractivity contribution in [2.24, 2.45) is 0 Å². The van der Waals surface area contributed by atoms with Crippen LogP contribution in [-0.2, 0) is 0 Å². The van der Waals surface area contributed by atoms with Crippen molar-refractivity contribution in [3.8, 4) is 0 Å². The zero-order valence-corrected chi connectivity index (χ0v) is 8.17. The third-order valence-corrected chi connectivity index (χ3v) is 2.52. The number of rotatable bonds is 0. The molecule has 60 valence electrons. The van der Waals surface area contributed by atoms with Gasteiger partial charge in [0.05, 0.1) is 0 Å². The number of hydrogen-bond acceptors (Lipinski definition) is 2. The molecule has 0 aliphatic rings. The van der Waals surface area contributed by atoms with Crippen molar-refractivity contribution in [2.75, 3.05) is 0 Å². The maximum absolute atomic E-state index is 4.28. The molecule has 2 rings (SSSR count). The van der Waals surface area contributed by atoms with E-state index in [2.05, 4.69) is 32.0 Å². The van der Waals surface area contributed by atoms with E-state index in [9.17, 15) is 0 Å². The molecule has 2 nitrogen and oxygen atoms in total. The summed E-state index contributed by atoms with van der Waals surface area (Å²) in [6, 6.07) is 5.99. The molecule has 12 heavy (non-hydrogen) atoms. The number of hydrogen-bond donors (Lipinski definition) is 0. The van der Waals surface area contributed by atoms with E-state index >= 15 is 0 Å². The first-order valence-corrected chi connectivity index (χ1v) is 4.44. The molecule has 0 bridgehead atoms. The number of aryl methyl sites for hydroxylation is 1. The van der Waals surface area contributed by atoms with E-state index in [-0.39, 0.29) is 0 Å². The van der Waals surface area contributed by atoms with Crippen LogP contribution in [0.25, 0.3) is 11.0 Å². The molecule has 2 aromatic rings. The van der Waals surface area contributed by atoms with Crippen molar-refractivity contribution < 1.29 is 0 Å². The first-order valence-electron chi connectivity index (χ1n) is 3.65. The Bertz CT molecular complexity index is 385. The van der Waals surface area contributed by atoms with Gasteiger partial charge in [0.25, 0.3) is 0 Å². The first kappa shape index (κ1) is 7.68. The minimum absolute atomic E-state index is 0.787. The van der Waals surface area contributed by atoms with E-state index in [1.165, 1.54) is 0 Å². The summed E-state index contributed by atoms with van der Waals surface area (Å²) in [4.78, 5) is 8.42. The first-order chi connectivity index (χ1) is 5.77. The molecule has 0 saturated heterocycles. The average Bonchev–Trinajstić information content (AvgIpc) is 2.07. The van der Waals surface area contributed by atoms with Gasteiger partial charge in [0, 0.05) is 11.6 Å². The highest BCUT2D eigenvalue weighted by molar-refractivity contribution is 9.10. The normalized spacial score (nSPS) is 10.5. The van der Waals surface area contributed by atoms with Gasteiger partial charge in [0.2, 0.25) is 0 Å². The van der Waals surface area contributed by atoms with Crippen LogP contribution in [0, 0.1) is 6.92 Å². The summed E-state index contributed by atoms with van der Waals surface area (Å²) in [6.07, 6.45) is 1.75. The van der Waals surface area contributed by atoms with E-state index in [1.54, 1.807) is 6.20 Å². The van der Waals surface area contributed by atoms with E-state index in [4.69, 9.17) is 0 Å². The minimum atomic E-state index is 0.787. The summed E-state index contributed by atoms with van der Waals surface area (Å²) in [7, 11) is 0. The van der Waals surface area contributed by atoms with Crippen LogP contribution in [0.15, 0.2) is 29.0 Å². The van der Waals surface area contributed by atoms with Crippen molar-refractivity contribution in [3.63, 3.8) is 0 Å². The summed E-state index contributed by atoms with van der Waals surface area (Å²) in [5.41, 5.74) is 1.92. The maximum Gasteiger partial charge on any atom is 0.160 e. The van der Waals surface area contributed by atoms with Gasteiger partial charge in [-0.15, -0.1) is 0 Å². The Hall–Kier alpha value is -0.960. The van der Waals surface area contributed by atoms with Gasteiger partial charge in [0.1, 0.15) is 4.60 Å². The number of pyridine rings is 2. The Morgan fingerprint density at radius 2 is 2.25 bits per heavy atom. The number of fused-ring (bicyclic) bond motifs is 1. The molecule has 0 aliphatic carbocycles. The Balaban J connectivity index is 2.84. The molecule has 0 saturated carbocycles. The molecule has 0 amide bonds. The fourth-order valence-corrected chi connectivity index (χ4v) is 1.37. The predicted molar refractivity (Wildman–Crippen MR) is 52.0 cm³/mol. The molecule has 3 heteroatoms. The zero-order valence-electron chi connectivity index (χ0n) is 6.58. The van der Waals surface area contributed by atoms with Crippen LogP contribution in [-0.4, -0.2) is 9.97 Å². The highest BCUT2D eigenvalue weighted by Crippen LogP contribution is 2.17. The van der Waals surface area contributed by atoms with Gasteiger partial charge in [-0.3, -0.25) is 0 Å². The molecule has 0 atom stereocenters. The molecule has 2 heterocycles. The molecule has 0 aliphatic heterocycles. The van der Waals surface area contributed by atoms with Crippen LogP contribution in [0.3, 0.4) is 0 Å². The van der Waals surface area contributed by atoms with Crippen LogP contribution in [0.5, 0.6) is 0 Å². The van der Waals surface area contributed by atoms with E-state index in [0.717, 1.165) is 21.2 Å². The van der Waals surface area contributed by atoms with Gasteiger partial charge in [-0.05, 0) is 46.6 Å². The van der Waals surface area contributed by atoms with Crippen LogP contribution in [0.1, 0.15) is 5.56 Å². The third kappa shape index (κ3) is 1.20. The lowest BCUT2D eigenvalue weighted by molar-refractivity contribution is 1.22. The Morgan fingerprint density at radius 1 is 1.42 bits per heavy atom. The zero-order chi connectivity index (χ0) is 8.55. The molecular formula is C9H7BrN2. The van der Waals surface area contributed by atoms with Crippen LogP contribution in [0.2, 0.25) is 0 Å². The van der Waals surface area contributed by atoms with Crippen LogP contribution in [0.4, 0.5) is 0 Å². The van der Waals surface area contributed by atoms with Gasteiger partial charge in [-0.25, -0.2) is 9.97 Å². The number of aromatic nitrogens is 2. The summed E-state index contributed by atoms with van der Waals surface area (Å²) >= 11 is 3.37. The second-order valence-corrected chi connectivity index (χ2v) is 3.40. The number of halogens is 1. The quantitative estimate of drug-likeness (QED) is 0.641. The van der Waals surface area contributed by atoms with Crippen molar-refractivity contribution in [3.05, 3.63) is 34.6 Å². The van der Waals surface area contributed by atoms with E-state index in [1.807, 2.05) is 19.1 Å². The lowest BCUT2D eigenvalue weighted by Gasteiger charge is -1.99. The fraction of sp³-hybridized carbons (Fsp3) is 0.111. The molecular weight excluding hydrogens is 216 g/mol. The third-order valence-electron chi connectivity index (χ3n) is 1.72. The van der Waals surface area contributed by atoms with E-state index < -0.39 is 0 Å². The van der Waals surface area contributed by atoms with Gasteiger partial charge < -0.3 is 0 Å². The molecule has 0 fully saturated rings. The van der Waals surface area contributed by atoms with E-state index in [0.29, 0.717) is 0 Å². The second-order valence-electron chi connectivity index (χ2n) is 2.65. The summed E-state index contributed by atoms with van der Waals surface area (Å²) in [5, 5.41) is 1.08. The molecule has 0 unspecified atom stereocenters. The summed E-state index contributed by atoms with van der Waals surface area (Å²) < 4.78 is 0.869. The van der Waals surface area contributed by atoms with Crippen molar-refractivity contribution in [1.29, 1.82) is 0 Å². The van der Waals surface area contributed by atoms with Gasteiger partial charge >= 0.3 is 0 Å². The molecule has 0 aromatic carbocycles. The monoisotopic (exact) mass is 222 g/mol. The predicted octanol–water partition coefficient (Wildman–Crippen LogP) is 2.70. The maximum atomic E-state index is 4.28. The van der Waals surface area contributed by atoms with Gasteiger partial charge in [-0.1, -0.05) is 0 Å². The Labute approximate surface area is 78.8 Å². The molecule has 0 radical (unpaired) electrons. The Morgan fingerprint density at radius 3 is 3.08 bits per heavy atom. The largest absolute Gasteiger partial charge is 0.237 e. The van der Waals surface area contributed by atoms with Crippen molar-refractivity contribution in [1.82, 2.24) is 9.97 Å². The fourth-order valence-electron chi connectivity index (χ4n) is 1.09. The number of nitrogens with zero attached hydrogens (tertiary/aromatic N) is 2. The summed E-state index contributed by atoms with van der Waals surface area (Å²) in [6.45, 7) is 2.02. The SMILES string of the molecule is Cc1cc2cccnc2nc1Br. The Kier molecular flexibility index (Phi) is 1.81. The molecule has 0 N–H and O–H groups in total. The molecule has 0 spiro atoms. The van der Waals surface area contributed by atoms with Crippen LogP contribution >= 0.6 is 15.9 Å². The average molecular weight is 223 g/mol. The summed E-state index contributed by atoms with van der Waals surface area (Å²) in [5.74, 6) is 0. The topological polar surface area (TPSA) is 25.8 Å².